The predicted octanol–water partition coefficient (Wildman–Crippen LogP) is 21.3. The predicted molar refractivity (Wildman–Crippen MR) is 346 cm³/mol. The van der Waals surface area contributed by atoms with Gasteiger partial charge in [0, 0.05) is 22.2 Å². The quantitative estimate of drug-likeness (QED) is 0.323. The summed E-state index contributed by atoms with van der Waals surface area (Å²) in [7, 11) is 0. The van der Waals surface area contributed by atoms with Crippen LogP contribution in [0.25, 0.3) is 0 Å². The molecule has 458 valence electrons. The second-order valence-corrected chi connectivity index (χ2v) is 34.3. The maximum absolute atomic E-state index is 10.7. The molecule has 2 aromatic rings. The van der Waals surface area contributed by atoms with Gasteiger partial charge in [-0.1, -0.05) is 304 Å². The number of rotatable bonds is 2. The van der Waals surface area contributed by atoms with Crippen molar-refractivity contribution in [2.45, 2.75) is 355 Å². The molecule has 8 atom stereocenters. The second-order valence-electron chi connectivity index (χ2n) is 34.3. The minimum Gasteiger partial charge on any atom is -0.390 e. The van der Waals surface area contributed by atoms with E-state index < -0.39 is 0 Å². The monoisotopic (exact) mass is 1080 g/mol. The lowest BCUT2D eigenvalue weighted by Crippen LogP contribution is -2.43. The summed E-state index contributed by atoms with van der Waals surface area (Å²) in [6.07, 6.45) is 1.62. The maximum atomic E-state index is 10.7. The summed E-state index contributed by atoms with van der Waals surface area (Å²) in [5.41, 5.74) is 5.43. The van der Waals surface area contributed by atoms with Crippen LogP contribution in [0.15, 0.2) is 18.2 Å². The minimum absolute atomic E-state index is 0. The molecule has 2 aliphatic heterocycles. The molecule has 0 amide bonds. The van der Waals surface area contributed by atoms with Crippen LogP contribution < -0.4 is 0 Å². The highest BCUT2D eigenvalue weighted by Gasteiger charge is 2.56. The summed E-state index contributed by atoms with van der Waals surface area (Å²) in [5.74, 6) is 4.88. The number of ether oxygens (including phenoxy) is 2. The number of hydrogen-bond acceptors (Lipinski definition) is 6. The van der Waals surface area contributed by atoms with E-state index in [0.29, 0.717) is 35.4 Å². The normalized spacial score (nSPS) is 22.8. The molecule has 1 aromatic heterocycles. The van der Waals surface area contributed by atoms with Gasteiger partial charge in [0.25, 0.3) is 0 Å². The molecule has 1 N–H and O–H groups in total. The standard InChI is InChI=1S/C18H30.C17H34O.C16H32O2.C15H27N3.C2H6.3CH4/c1-16(2,3)13-10-14(17(4,5)6)12-15(11-13)18(7,8)9;1-10-12-13(11(2)3)14(16(4,5)6)15(18-12)17(7,8)9;1-14(2,3)10-11(17)13(16(7,8)9)18-12(10)15(4,5)6;1-13(2,3)10-16-11(14(4,5)6)18-12(17-10)15(7,8)9;1-2;;;/h10-12H,1-9H3;11-15H,10H2,1-9H3;10-13,17H,1-9H3;1-9H3;1-2H3;3*1H4. The third-order valence-corrected chi connectivity index (χ3v) is 14.7. The third kappa shape index (κ3) is 24.2. The van der Waals surface area contributed by atoms with Crippen LogP contribution in [0.4, 0.5) is 0 Å². The van der Waals surface area contributed by atoms with Gasteiger partial charge in [-0.05, 0) is 84.2 Å². The second kappa shape index (κ2) is 28.4. The lowest BCUT2D eigenvalue weighted by molar-refractivity contribution is -0.0822. The Morgan fingerprint density at radius 1 is 0.390 bits per heavy atom. The van der Waals surface area contributed by atoms with Gasteiger partial charge >= 0.3 is 0 Å². The van der Waals surface area contributed by atoms with Gasteiger partial charge in [0.1, 0.15) is 17.5 Å². The van der Waals surface area contributed by atoms with Crippen LogP contribution in [0.3, 0.4) is 0 Å². The first-order valence-corrected chi connectivity index (χ1v) is 29.3. The minimum atomic E-state index is -0.380. The Labute approximate surface area is 485 Å². The summed E-state index contributed by atoms with van der Waals surface area (Å²) < 4.78 is 12.8. The molecule has 2 aliphatic rings. The molecular formula is C71H141N3O3. The number of aliphatic hydroxyl groups is 1. The van der Waals surface area contributed by atoms with Crippen molar-refractivity contribution in [3.63, 3.8) is 0 Å². The van der Waals surface area contributed by atoms with E-state index in [1.54, 1.807) is 0 Å². The maximum Gasteiger partial charge on any atom is 0.137 e. The van der Waals surface area contributed by atoms with E-state index in [-0.39, 0.29) is 101 Å². The summed E-state index contributed by atoms with van der Waals surface area (Å²) in [6, 6.07) is 7.15. The van der Waals surface area contributed by atoms with Gasteiger partial charge < -0.3 is 14.6 Å². The van der Waals surface area contributed by atoms with Crippen molar-refractivity contribution in [2.75, 3.05) is 0 Å². The Bertz CT molecular complexity index is 1730. The van der Waals surface area contributed by atoms with E-state index in [9.17, 15) is 5.11 Å². The summed E-state index contributed by atoms with van der Waals surface area (Å²) in [6.45, 7) is 84.7. The van der Waals surface area contributed by atoms with Crippen LogP contribution in [-0.4, -0.2) is 50.6 Å². The first-order valence-electron chi connectivity index (χ1n) is 29.3. The van der Waals surface area contributed by atoms with Gasteiger partial charge in [0.15, 0.2) is 0 Å². The average Bonchev–Trinajstić information content (AvgIpc) is 3.78. The highest BCUT2D eigenvalue weighted by Crippen LogP contribution is 2.53. The third-order valence-electron chi connectivity index (χ3n) is 14.7. The smallest absolute Gasteiger partial charge is 0.137 e. The van der Waals surface area contributed by atoms with E-state index in [1.807, 2.05) is 13.8 Å². The molecule has 6 nitrogen and oxygen atoms in total. The summed E-state index contributed by atoms with van der Waals surface area (Å²) in [4.78, 5) is 14.0. The van der Waals surface area contributed by atoms with E-state index in [1.165, 1.54) is 16.7 Å². The van der Waals surface area contributed by atoms with Crippen LogP contribution in [0.5, 0.6) is 0 Å². The van der Waals surface area contributed by atoms with Crippen molar-refractivity contribution in [2.24, 2.45) is 50.7 Å². The average molecular weight is 1080 g/mol. The molecule has 4 rings (SSSR count). The number of aromatic nitrogens is 3. The van der Waals surface area contributed by atoms with Crippen LogP contribution in [0, 0.1) is 50.7 Å². The van der Waals surface area contributed by atoms with Crippen LogP contribution >= 0.6 is 0 Å². The molecule has 1 aromatic carbocycles. The van der Waals surface area contributed by atoms with Gasteiger partial charge in [-0.25, -0.2) is 15.0 Å². The Morgan fingerprint density at radius 2 is 0.636 bits per heavy atom. The topological polar surface area (TPSA) is 77.4 Å². The Morgan fingerprint density at radius 3 is 0.805 bits per heavy atom. The molecule has 8 unspecified atom stereocenters. The largest absolute Gasteiger partial charge is 0.390 e. The number of aliphatic hydroxyl groups excluding tert-OH is 1. The van der Waals surface area contributed by atoms with E-state index in [2.05, 4.69) is 282 Å². The van der Waals surface area contributed by atoms with Crippen molar-refractivity contribution in [1.82, 2.24) is 15.0 Å². The molecule has 0 radical (unpaired) electrons. The van der Waals surface area contributed by atoms with Crippen LogP contribution in [-0.2, 0) is 42.0 Å². The molecular weight excluding hydrogens is 943 g/mol. The fourth-order valence-corrected chi connectivity index (χ4v) is 10.2. The first-order chi connectivity index (χ1) is 32.4. The molecule has 3 heterocycles. The molecule has 2 saturated heterocycles. The lowest BCUT2D eigenvalue weighted by Gasteiger charge is -2.41. The zero-order valence-electron chi connectivity index (χ0n) is 56.7. The number of benzene rings is 1. The fraction of sp³-hybridized carbons (Fsp3) is 0.873. The van der Waals surface area contributed by atoms with Crippen molar-refractivity contribution in [3.05, 3.63) is 52.4 Å². The molecule has 0 aliphatic carbocycles. The van der Waals surface area contributed by atoms with Gasteiger partial charge in [-0.2, -0.15) is 0 Å². The number of nitrogens with zero attached hydrogens (tertiary/aromatic N) is 3. The molecule has 6 heteroatoms. The molecule has 77 heavy (non-hydrogen) atoms. The van der Waals surface area contributed by atoms with Crippen molar-refractivity contribution in [3.8, 4) is 0 Å². The zero-order valence-corrected chi connectivity index (χ0v) is 56.7. The molecule has 2 fully saturated rings. The molecule has 0 bridgehead atoms. The van der Waals surface area contributed by atoms with Gasteiger partial charge in [0.05, 0.1) is 30.5 Å². The van der Waals surface area contributed by atoms with E-state index in [4.69, 9.17) is 9.47 Å². The highest BCUT2D eigenvalue weighted by atomic mass is 16.5. The SMILES string of the molecule is C.C.C.CC.CC(C)(C)C1OC(C(C)(C)C)C(C(C)(C)C)C1O.CC(C)(C)c1cc(C(C)(C)C)cc(C(C)(C)C)c1.CC(C)(C)c1nc(C(C)(C)C)nc(C(C)(C)C)n1.CCC1OC(C(C)(C)C)C(C(C)(C)C)C1C(C)C. The first kappa shape index (κ1) is 81.6. The fourth-order valence-electron chi connectivity index (χ4n) is 10.2. The summed E-state index contributed by atoms with van der Waals surface area (Å²) in [5, 5.41) is 10.7. The Balaban J connectivity index is -0.000000450. The van der Waals surface area contributed by atoms with Gasteiger partial charge in [-0.3, -0.25) is 0 Å². The number of hydrogen-bond donors (Lipinski definition) is 1. The molecule has 0 saturated carbocycles. The van der Waals surface area contributed by atoms with Crippen molar-refractivity contribution < 1.29 is 14.6 Å². The van der Waals surface area contributed by atoms with Gasteiger partial charge in [-0.15, -0.1) is 0 Å². The van der Waals surface area contributed by atoms with E-state index >= 15 is 0 Å². The highest BCUT2D eigenvalue weighted by molar-refractivity contribution is 5.40. The summed E-state index contributed by atoms with van der Waals surface area (Å²) >= 11 is 0. The van der Waals surface area contributed by atoms with E-state index in [0.717, 1.165) is 23.9 Å². The van der Waals surface area contributed by atoms with Crippen LogP contribution in [0.1, 0.15) is 326 Å². The lowest BCUT2D eigenvalue weighted by atomic mass is 9.63. The Hall–Kier alpha value is -1.89. The van der Waals surface area contributed by atoms with Crippen LogP contribution in [0.2, 0.25) is 0 Å². The van der Waals surface area contributed by atoms with Crippen molar-refractivity contribution >= 4 is 0 Å². The van der Waals surface area contributed by atoms with Gasteiger partial charge in [0.2, 0.25) is 0 Å². The molecule has 0 spiro atoms. The zero-order chi connectivity index (χ0) is 59.5. The van der Waals surface area contributed by atoms with Crippen molar-refractivity contribution in [1.29, 1.82) is 0 Å². The Kier molecular flexibility index (Phi) is 30.1.